The molecule has 1 aliphatic carbocycles. The Kier molecular flexibility index (Phi) is 4.07. The van der Waals surface area contributed by atoms with Gasteiger partial charge in [0.05, 0.1) is 25.4 Å². The van der Waals surface area contributed by atoms with E-state index >= 15 is 0 Å². The minimum absolute atomic E-state index is 0.0340. The van der Waals surface area contributed by atoms with Gasteiger partial charge in [0.1, 0.15) is 4.83 Å². The van der Waals surface area contributed by atoms with Crippen LogP contribution in [0.4, 0.5) is 4.39 Å². The number of thiophene rings is 1. The number of aryl methyl sites for hydroxylation is 1. The third-order valence-corrected chi connectivity index (χ3v) is 6.01. The van der Waals surface area contributed by atoms with Gasteiger partial charge >= 0.3 is 0 Å². The maximum absolute atomic E-state index is 13.9. The van der Waals surface area contributed by atoms with Crippen molar-refractivity contribution in [2.24, 2.45) is 5.92 Å². The average Bonchev–Trinajstić information content (AvgIpc) is 2.95. The van der Waals surface area contributed by atoms with Crippen LogP contribution in [0.5, 0.6) is 5.75 Å². The summed E-state index contributed by atoms with van der Waals surface area (Å²) in [6, 6.07) is 4.75. The second-order valence-corrected chi connectivity index (χ2v) is 7.76. The van der Waals surface area contributed by atoms with Gasteiger partial charge in [0.15, 0.2) is 11.6 Å². The molecule has 0 unspecified atom stereocenters. The van der Waals surface area contributed by atoms with Gasteiger partial charge in [-0.15, -0.1) is 11.3 Å². The van der Waals surface area contributed by atoms with Gasteiger partial charge in [0.2, 0.25) is 0 Å². The molecule has 0 aliphatic heterocycles. The number of benzene rings is 1. The normalized spacial score (nSPS) is 16.8. The van der Waals surface area contributed by atoms with Gasteiger partial charge in [-0.05, 0) is 48.4 Å². The number of aromatic nitrogens is 2. The van der Waals surface area contributed by atoms with Crippen LogP contribution >= 0.6 is 11.3 Å². The summed E-state index contributed by atoms with van der Waals surface area (Å²) in [7, 11) is 1.43. The molecule has 130 valence electrons. The van der Waals surface area contributed by atoms with Gasteiger partial charge in [-0.1, -0.05) is 13.0 Å². The van der Waals surface area contributed by atoms with Crippen molar-refractivity contribution >= 4 is 21.6 Å². The molecule has 1 atom stereocenters. The molecule has 2 aromatic heterocycles. The maximum atomic E-state index is 13.9. The first-order chi connectivity index (χ1) is 12.1. The van der Waals surface area contributed by atoms with E-state index in [1.165, 1.54) is 23.6 Å². The lowest BCUT2D eigenvalue weighted by molar-refractivity contribution is 0.386. The number of rotatable bonds is 3. The molecule has 2 heterocycles. The van der Waals surface area contributed by atoms with Crippen LogP contribution in [0.15, 0.2) is 29.3 Å². The Morgan fingerprint density at radius 1 is 1.44 bits per heavy atom. The summed E-state index contributed by atoms with van der Waals surface area (Å²) in [5.74, 6) is 0.430. The Labute approximate surface area is 148 Å². The largest absolute Gasteiger partial charge is 0.494 e. The molecule has 6 heteroatoms. The molecule has 1 aliphatic rings. The van der Waals surface area contributed by atoms with Gasteiger partial charge in [0.25, 0.3) is 5.56 Å². The third-order valence-electron chi connectivity index (χ3n) is 4.85. The summed E-state index contributed by atoms with van der Waals surface area (Å²) in [5.41, 5.74) is 1.85. The van der Waals surface area contributed by atoms with Crippen molar-refractivity contribution in [3.05, 3.63) is 56.7 Å². The topological polar surface area (TPSA) is 44.1 Å². The lowest BCUT2D eigenvalue weighted by atomic mass is 9.89. The molecule has 0 saturated carbocycles. The highest BCUT2D eigenvalue weighted by Crippen LogP contribution is 2.35. The van der Waals surface area contributed by atoms with Crippen LogP contribution < -0.4 is 10.3 Å². The molecule has 1 aromatic carbocycles. The zero-order valence-electron chi connectivity index (χ0n) is 14.2. The number of hydrogen-bond donors (Lipinski definition) is 0. The van der Waals surface area contributed by atoms with Crippen molar-refractivity contribution in [1.82, 2.24) is 9.55 Å². The van der Waals surface area contributed by atoms with Crippen molar-refractivity contribution in [1.29, 1.82) is 0 Å². The summed E-state index contributed by atoms with van der Waals surface area (Å²) in [4.78, 5) is 19.6. The number of ether oxygens (including phenoxy) is 1. The van der Waals surface area contributed by atoms with Gasteiger partial charge in [-0.3, -0.25) is 9.36 Å². The van der Waals surface area contributed by atoms with E-state index < -0.39 is 5.82 Å². The zero-order valence-corrected chi connectivity index (χ0v) is 15.0. The molecule has 0 bridgehead atoms. The van der Waals surface area contributed by atoms with Crippen molar-refractivity contribution in [2.45, 2.75) is 32.7 Å². The molecule has 0 amide bonds. The zero-order chi connectivity index (χ0) is 17.6. The van der Waals surface area contributed by atoms with Gasteiger partial charge in [-0.25, -0.2) is 9.37 Å². The highest BCUT2D eigenvalue weighted by molar-refractivity contribution is 7.18. The second kappa shape index (κ2) is 6.26. The van der Waals surface area contributed by atoms with Crippen LogP contribution in [0.1, 0.15) is 29.3 Å². The third kappa shape index (κ3) is 2.84. The van der Waals surface area contributed by atoms with Crippen molar-refractivity contribution in [2.75, 3.05) is 7.11 Å². The molecule has 4 nitrogen and oxygen atoms in total. The lowest BCUT2D eigenvalue weighted by Crippen LogP contribution is -2.22. The number of nitrogens with zero attached hydrogens (tertiary/aromatic N) is 2. The molecule has 3 aromatic rings. The molecule has 4 rings (SSSR count). The van der Waals surface area contributed by atoms with E-state index in [1.807, 2.05) is 0 Å². The molecular formula is C19H19FN2O2S. The molecule has 0 spiro atoms. The van der Waals surface area contributed by atoms with Crippen LogP contribution in [-0.2, 0) is 19.4 Å². The first-order valence-corrected chi connectivity index (χ1v) is 9.20. The number of hydrogen-bond acceptors (Lipinski definition) is 4. The number of fused-ring (bicyclic) bond motifs is 3. The number of halogens is 1. The van der Waals surface area contributed by atoms with E-state index in [1.54, 1.807) is 34.4 Å². The standard InChI is InChI=1S/C19H19FN2O2S/c1-11-3-5-13-16(7-11)25-18-17(13)19(23)22(10-21-18)9-12-4-6-15(24-2)14(20)8-12/h4,6,8,10-11H,3,5,7,9H2,1-2H3/t11-/m0/s1. The SMILES string of the molecule is COc1ccc(Cn2cnc3sc4c(c3c2=O)CC[C@H](C)C4)cc1F. The summed E-state index contributed by atoms with van der Waals surface area (Å²) < 4.78 is 20.4. The van der Waals surface area contributed by atoms with Crippen LogP contribution in [0.2, 0.25) is 0 Å². The minimum atomic E-state index is -0.427. The fourth-order valence-electron chi connectivity index (χ4n) is 3.48. The van der Waals surface area contributed by atoms with E-state index in [-0.39, 0.29) is 11.3 Å². The highest BCUT2D eigenvalue weighted by Gasteiger charge is 2.23. The van der Waals surface area contributed by atoms with Crippen molar-refractivity contribution < 1.29 is 9.13 Å². The quantitative estimate of drug-likeness (QED) is 0.716. The van der Waals surface area contributed by atoms with Crippen LogP contribution in [0.25, 0.3) is 10.2 Å². The summed E-state index contributed by atoms with van der Waals surface area (Å²) in [6.45, 7) is 2.54. The maximum Gasteiger partial charge on any atom is 0.262 e. The first-order valence-electron chi connectivity index (χ1n) is 8.39. The average molecular weight is 358 g/mol. The summed E-state index contributed by atoms with van der Waals surface area (Å²) >= 11 is 1.64. The Morgan fingerprint density at radius 3 is 3.04 bits per heavy atom. The molecule has 25 heavy (non-hydrogen) atoms. The fourth-order valence-corrected chi connectivity index (χ4v) is 4.82. The monoisotopic (exact) mass is 358 g/mol. The van der Waals surface area contributed by atoms with Gasteiger partial charge < -0.3 is 4.74 Å². The lowest BCUT2D eigenvalue weighted by Gasteiger charge is -2.17. The van der Waals surface area contributed by atoms with E-state index in [4.69, 9.17) is 4.74 Å². The smallest absolute Gasteiger partial charge is 0.262 e. The van der Waals surface area contributed by atoms with Gasteiger partial charge in [-0.2, -0.15) is 0 Å². The van der Waals surface area contributed by atoms with Crippen LogP contribution in [-0.4, -0.2) is 16.7 Å². The first kappa shape index (κ1) is 16.3. The molecule has 0 fully saturated rings. The van der Waals surface area contributed by atoms with E-state index in [9.17, 15) is 9.18 Å². The predicted octanol–water partition coefficient (Wildman–Crippen LogP) is 3.78. The minimum Gasteiger partial charge on any atom is -0.494 e. The van der Waals surface area contributed by atoms with E-state index in [0.717, 1.165) is 29.5 Å². The Morgan fingerprint density at radius 2 is 2.28 bits per heavy atom. The van der Waals surface area contributed by atoms with E-state index in [2.05, 4.69) is 11.9 Å². The molecule has 0 radical (unpaired) electrons. The Hall–Kier alpha value is -2.21. The van der Waals surface area contributed by atoms with Crippen LogP contribution in [0.3, 0.4) is 0 Å². The van der Waals surface area contributed by atoms with Crippen molar-refractivity contribution in [3.63, 3.8) is 0 Å². The van der Waals surface area contributed by atoms with Crippen LogP contribution in [0, 0.1) is 11.7 Å². The molecular weight excluding hydrogens is 339 g/mol. The number of methoxy groups -OCH3 is 1. The summed E-state index contributed by atoms with van der Waals surface area (Å²) in [5, 5.41) is 0.753. The van der Waals surface area contributed by atoms with Gasteiger partial charge in [0, 0.05) is 4.88 Å². The Balaban J connectivity index is 1.75. The Bertz CT molecular complexity index is 1010. The predicted molar refractivity (Wildman–Crippen MR) is 97.1 cm³/mol. The van der Waals surface area contributed by atoms with E-state index in [0.29, 0.717) is 18.0 Å². The summed E-state index contributed by atoms with van der Waals surface area (Å²) in [6.07, 6.45) is 4.64. The second-order valence-electron chi connectivity index (χ2n) is 6.68. The highest BCUT2D eigenvalue weighted by atomic mass is 32.1. The fraction of sp³-hybridized carbons (Fsp3) is 0.368. The van der Waals surface area contributed by atoms with Crippen molar-refractivity contribution in [3.8, 4) is 5.75 Å². The molecule has 0 N–H and O–H groups in total. The molecule has 0 saturated heterocycles.